The summed E-state index contributed by atoms with van der Waals surface area (Å²) in [6.07, 6.45) is 4.11. The van der Waals surface area contributed by atoms with E-state index in [1.54, 1.807) is 17.0 Å². The monoisotopic (exact) mass is 502 g/mol. The van der Waals surface area contributed by atoms with Crippen LogP contribution in [-0.4, -0.2) is 52.9 Å². The minimum atomic E-state index is -2.95. The molecule has 11 heteroatoms. The Labute approximate surface area is 205 Å². The molecule has 4 rings (SSSR count). The van der Waals surface area contributed by atoms with Crippen molar-refractivity contribution in [3.63, 3.8) is 0 Å². The summed E-state index contributed by atoms with van der Waals surface area (Å²) in [4.78, 5) is 17.7. The first kappa shape index (κ1) is 25.4. The van der Waals surface area contributed by atoms with Gasteiger partial charge in [-0.05, 0) is 35.9 Å². The number of hydrogen-bond acceptors (Lipinski definition) is 7. The molecule has 0 spiro atoms. The summed E-state index contributed by atoms with van der Waals surface area (Å²) in [5.74, 6) is -3.49. The molecule has 1 fully saturated rings. The first-order chi connectivity index (χ1) is 17.3. The van der Waals surface area contributed by atoms with Crippen LogP contribution in [0, 0.1) is 11.0 Å². The molecular weight excluding hydrogens is 477 g/mol. The van der Waals surface area contributed by atoms with Crippen molar-refractivity contribution in [2.75, 3.05) is 25.0 Å². The standard InChI is InChI=1S/C25H25F3N4O4/c26-19-1-3-23(18(11-19)15-33)36-21-2-4-24(30-13-21)29-12-20(16-34)31-10-7-25(27,28)22(14-31)17-5-8-32(35)9-6-17/h1-6,8-9,11,13,16,20,22,33H,7,10,12,14-15H2,(H,29,30)/t20-,22?/m0/s1. The van der Waals surface area contributed by atoms with E-state index in [1.165, 1.54) is 48.9 Å². The molecule has 0 saturated carbocycles. The van der Waals surface area contributed by atoms with Crippen molar-refractivity contribution in [2.45, 2.75) is 30.9 Å². The molecule has 36 heavy (non-hydrogen) atoms. The van der Waals surface area contributed by atoms with Crippen molar-refractivity contribution in [3.8, 4) is 11.5 Å². The van der Waals surface area contributed by atoms with Crippen LogP contribution in [0.4, 0.5) is 19.0 Å². The zero-order valence-electron chi connectivity index (χ0n) is 19.2. The molecule has 0 amide bonds. The molecule has 1 aromatic carbocycles. The number of anilines is 1. The van der Waals surface area contributed by atoms with Crippen LogP contribution in [0.3, 0.4) is 0 Å². The fourth-order valence-electron chi connectivity index (χ4n) is 4.15. The van der Waals surface area contributed by atoms with Gasteiger partial charge in [0.1, 0.15) is 29.4 Å². The number of likely N-dealkylation sites (tertiary alicyclic amines) is 1. The number of nitrogens with zero attached hydrogens (tertiary/aromatic N) is 3. The number of carbonyl (C=O) groups excluding carboxylic acids is 1. The number of halogens is 3. The summed E-state index contributed by atoms with van der Waals surface area (Å²) in [5, 5.41) is 23.7. The van der Waals surface area contributed by atoms with Crippen molar-refractivity contribution in [1.82, 2.24) is 9.88 Å². The SMILES string of the molecule is O=C[C@H](CNc1ccc(Oc2ccc(F)cc2CO)cn1)N1CCC(F)(F)C(c2cc[n+]([O-])cc2)C1. The Morgan fingerprint density at radius 3 is 2.72 bits per heavy atom. The number of pyridine rings is 2. The summed E-state index contributed by atoms with van der Waals surface area (Å²) in [6.45, 7) is -0.226. The normalized spacial score (nSPS) is 18.4. The second kappa shape index (κ2) is 10.9. The molecule has 2 atom stereocenters. The quantitative estimate of drug-likeness (QED) is 0.263. The highest BCUT2D eigenvalue weighted by atomic mass is 19.3. The average molecular weight is 502 g/mol. The number of alkyl halides is 2. The molecule has 1 saturated heterocycles. The molecule has 190 valence electrons. The Kier molecular flexibility index (Phi) is 7.70. The molecule has 3 heterocycles. The number of aldehydes is 1. The summed E-state index contributed by atoms with van der Waals surface area (Å²) in [5.41, 5.74) is 0.635. The third kappa shape index (κ3) is 5.92. The van der Waals surface area contributed by atoms with E-state index in [0.29, 0.717) is 39.5 Å². The lowest BCUT2D eigenvalue weighted by Crippen LogP contribution is -2.52. The van der Waals surface area contributed by atoms with Gasteiger partial charge in [0.25, 0.3) is 5.92 Å². The van der Waals surface area contributed by atoms with Gasteiger partial charge in [-0.2, -0.15) is 4.73 Å². The van der Waals surface area contributed by atoms with Gasteiger partial charge in [-0.25, -0.2) is 18.2 Å². The first-order valence-electron chi connectivity index (χ1n) is 11.3. The number of rotatable bonds is 9. The molecule has 3 aromatic rings. The predicted molar refractivity (Wildman–Crippen MR) is 124 cm³/mol. The minimum absolute atomic E-state index is 0.0357. The number of hydrogen-bond donors (Lipinski definition) is 2. The number of nitrogens with one attached hydrogen (secondary N) is 1. The number of benzene rings is 1. The smallest absolute Gasteiger partial charge is 0.257 e. The van der Waals surface area contributed by atoms with Gasteiger partial charge in [-0.1, -0.05) is 0 Å². The second-order valence-corrected chi connectivity index (χ2v) is 8.53. The van der Waals surface area contributed by atoms with Crippen LogP contribution in [0.2, 0.25) is 0 Å². The van der Waals surface area contributed by atoms with Gasteiger partial charge in [0.2, 0.25) is 0 Å². The zero-order valence-corrected chi connectivity index (χ0v) is 19.2. The fraction of sp³-hybridized carbons (Fsp3) is 0.320. The van der Waals surface area contributed by atoms with E-state index in [0.717, 1.165) is 0 Å². The molecule has 2 N–H and O–H groups in total. The van der Waals surface area contributed by atoms with Gasteiger partial charge < -0.3 is 25.2 Å². The second-order valence-electron chi connectivity index (χ2n) is 8.53. The number of aliphatic hydroxyl groups excluding tert-OH is 1. The zero-order chi connectivity index (χ0) is 25.7. The molecule has 0 radical (unpaired) electrons. The van der Waals surface area contributed by atoms with Crippen LogP contribution in [-0.2, 0) is 11.4 Å². The van der Waals surface area contributed by atoms with E-state index < -0.39 is 30.1 Å². The number of ether oxygens (including phenoxy) is 1. The van der Waals surface area contributed by atoms with Crippen LogP contribution < -0.4 is 14.8 Å². The van der Waals surface area contributed by atoms with Crippen molar-refractivity contribution in [1.29, 1.82) is 0 Å². The summed E-state index contributed by atoms with van der Waals surface area (Å²) in [7, 11) is 0. The Morgan fingerprint density at radius 1 is 1.28 bits per heavy atom. The number of aromatic nitrogens is 2. The van der Waals surface area contributed by atoms with E-state index in [1.807, 2.05) is 0 Å². The lowest BCUT2D eigenvalue weighted by atomic mass is 9.87. The fourth-order valence-corrected chi connectivity index (χ4v) is 4.15. The third-order valence-corrected chi connectivity index (χ3v) is 6.16. The highest BCUT2D eigenvalue weighted by molar-refractivity contribution is 5.59. The Balaban J connectivity index is 1.38. The number of aliphatic hydroxyl groups is 1. The maximum atomic E-state index is 14.6. The number of piperidine rings is 1. The highest BCUT2D eigenvalue weighted by Gasteiger charge is 2.46. The van der Waals surface area contributed by atoms with Crippen molar-refractivity contribution < 1.29 is 32.5 Å². The topological polar surface area (TPSA) is 102 Å². The molecule has 0 aliphatic carbocycles. The summed E-state index contributed by atoms with van der Waals surface area (Å²) in [6, 6.07) is 9.14. The van der Waals surface area contributed by atoms with Crippen LogP contribution >= 0.6 is 0 Å². The molecule has 1 unspecified atom stereocenters. The highest BCUT2D eigenvalue weighted by Crippen LogP contribution is 2.40. The molecule has 1 aliphatic heterocycles. The molecule has 2 aromatic heterocycles. The minimum Gasteiger partial charge on any atom is -0.619 e. The summed E-state index contributed by atoms with van der Waals surface area (Å²) >= 11 is 0. The summed E-state index contributed by atoms with van der Waals surface area (Å²) < 4.78 is 48.8. The van der Waals surface area contributed by atoms with Gasteiger partial charge >= 0.3 is 0 Å². The van der Waals surface area contributed by atoms with Gasteiger partial charge in [-0.3, -0.25) is 4.90 Å². The van der Waals surface area contributed by atoms with Crippen molar-refractivity contribution >= 4 is 12.1 Å². The number of carbonyl (C=O) groups is 1. The van der Waals surface area contributed by atoms with Gasteiger partial charge in [0.05, 0.1) is 24.8 Å². The maximum absolute atomic E-state index is 14.6. The first-order valence-corrected chi connectivity index (χ1v) is 11.3. The predicted octanol–water partition coefficient (Wildman–Crippen LogP) is 3.24. The van der Waals surface area contributed by atoms with Crippen LogP contribution in [0.15, 0.2) is 61.1 Å². The van der Waals surface area contributed by atoms with E-state index in [4.69, 9.17) is 4.74 Å². The molecule has 1 aliphatic rings. The van der Waals surface area contributed by atoms with Crippen LogP contribution in [0.1, 0.15) is 23.5 Å². The van der Waals surface area contributed by atoms with E-state index in [2.05, 4.69) is 10.3 Å². The van der Waals surface area contributed by atoms with Gasteiger partial charge in [-0.15, -0.1) is 0 Å². The van der Waals surface area contributed by atoms with Crippen LogP contribution in [0.5, 0.6) is 11.5 Å². The Morgan fingerprint density at radius 2 is 2.06 bits per heavy atom. The maximum Gasteiger partial charge on any atom is 0.257 e. The Hall–Kier alpha value is -3.70. The van der Waals surface area contributed by atoms with E-state index in [9.17, 15) is 28.3 Å². The van der Waals surface area contributed by atoms with Gasteiger partial charge in [0, 0.05) is 43.8 Å². The van der Waals surface area contributed by atoms with Crippen molar-refractivity contribution in [3.05, 3.63) is 83.2 Å². The lowest BCUT2D eigenvalue weighted by Gasteiger charge is -2.40. The lowest BCUT2D eigenvalue weighted by molar-refractivity contribution is -0.605. The van der Waals surface area contributed by atoms with E-state index in [-0.39, 0.29) is 26.2 Å². The Bertz CT molecular complexity index is 1180. The molecule has 0 bridgehead atoms. The van der Waals surface area contributed by atoms with E-state index >= 15 is 0 Å². The van der Waals surface area contributed by atoms with Crippen molar-refractivity contribution in [2.24, 2.45) is 0 Å². The average Bonchev–Trinajstić information content (AvgIpc) is 2.87. The van der Waals surface area contributed by atoms with Gasteiger partial charge in [0.15, 0.2) is 12.4 Å². The third-order valence-electron chi connectivity index (χ3n) is 6.16. The van der Waals surface area contributed by atoms with Crippen LogP contribution in [0.25, 0.3) is 0 Å². The molecule has 8 nitrogen and oxygen atoms in total. The largest absolute Gasteiger partial charge is 0.619 e. The molecular formula is C25H25F3N4O4.